The van der Waals surface area contributed by atoms with Crippen LogP contribution in [0.25, 0.3) is 0 Å². The highest BCUT2D eigenvalue weighted by Gasteiger charge is 2.32. The van der Waals surface area contributed by atoms with Gasteiger partial charge in [-0.1, -0.05) is 6.07 Å². The number of nitro benzene ring substituents is 1. The average molecular weight is 286 g/mol. The zero-order valence-electron chi connectivity index (χ0n) is 10.2. The highest BCUT2D eigenvalue weighted by molar-refractivity contribution is 7.89. The highest BCUT2D eigenvalue weighted by Crippen LogP contribution is 2.25. The van der Waals surface area contributed by atoms with Crippen LogP contribution in [-0.4, -0.2) is 30.6 Å². The third-order valence-corrected chi connectivity index (χ3v) is 4.77. The summed E-state index contributed by atoms with van der Waals surface area (Å²) in [7, 11) is -3.80. The first-order valence-electron chi connectivity index (χ1n) is 5.75. The zero-order chi connectivity index (χ0) is 14.2. The van der Waals surface area contributed by atoms with Crippen LogP contribution in [0.1, 0.15) is 18.4 Å². The minimum atomic E-state index is -3.80. The molecule has 104 valence electrons. The maximum absolute atomic E-state index is 12.1. The number of hydrogen-bond donors (Lipinski definition) is 2. The summed E-state index contributed by atoms with van der Waals surface area (Å²) in [5.41, 5.74) is 0.178. The molecular weight excluding hydrogens is 272 g/mol. The number of aryl methyl sites for hydroxylation is 1. The number of sulfonamides is 1. The second-order valence-corrected chi connectivity index (χ2v) is 6.33. The molecule has 2 rings (SSSR count). The van der Waals surface area contributed by atoms with Gasteiger partial charge in [0, 0.05) is 18.2 Å². The van der Waals surface area contributed by atoms with E-state index in [1.807, 2.05) is 0 Å². The van der Waals surface area contributed by atoms with E-state index in [4.69, 9.17) is 5.11 Å². The lowest BCUT2D eigenvalue weighted by Gasteiger charge is -2.31. The van der Waals surface area contributed by atoms with Crippen molar-refractivity contribution in [1.29, 1.82) is 0 Å². The smallest absolute Gasteiger partial charge is 0.270 e. The maximum atomic E-state index is 12.1. The molecule has 1 aliphatic rings. The van der Waals surface area contributed by atoms with Crippen molar-refractivity contribution < 1.29 is 18.4 Å². The van der Waals surface area contributed by atoms with Gasteiger partial charge in [-0.05, 0) is 25.3 Å². The number of nitrogens with one attached hydrogen (secondary N) is 1. The Morgan fingerprint density at radius 3 is 2.58 bits per heavy atom. The third-order valence-electron chi connectivity index (χ3n) is 3.11. The number of nitro groups is 1. The van der Waals surface area contributed by atoms with E-state index in [2.05, 4.69) is 4.72 Å². The maximum Gasteiger partial charge on any atom is 0.270 e. The van der Waals surface area contributed by atoms with Crippen LogP contribution >= 0.6 is 0 Å². The number of nitrogens with zero attached hydrogens (tertiary/aromatic N) is 1. The minimum Gasteiger partial charge on any atom is -0.393 e. The van der Waals surface area contributed by atoms with E-state index in [1.165, 1.54) is 12.1 Å². The van der Waals surface area contributed by atoms with Crippen molar-refractivity contribution >= 4 is 15.7 Å². The molecule has 0 unspecified atom stereocenters. The molecule has 0 spiro atoms. The third kappa shape index (κ3) is 2.91. The number of benzene rings is 1. The summed E-state index contributed by atoms with van der Waals surface area (Å²) in [6.07, 6.45) is 0.263. The largest absolute Gasteiger partial charge is 0.393 e. The number of aliphatic hydroxyl groups excluding tert-OH is 1. The predicted molar refractivity (Wildman–Crippen MR) is 67.2 cm³/mol. The first-order valence-corrected chi connectivity index (χ1v) is 7.23. The molecule has 1 aliphatic carbocycles. The van der Waals surface area contributed by atoms with Crippen LogP contribution in [0.5, 0.6) is 0 Å². The lowest BCUT2D eigenvalue weighted by molar-refractivity contribution is -0.385. The van der Waals surface area contributed by atoms with E-state index in [0.29, 0.717) is 18.4 Å². The van der Waals surface area contributed by atoms with E-state index in [-0.39, 0.29) is 16.6 Å². The molecule has 8 heteroatoms. The van der Waals surface area contributed by atoms with Crippen molar-refractivity contribution in [3.63, 3.8) is 0 Å². The molecule has 0 amide bonds. The van der Waals surface area contributed by atoms with Gasteiger partial charge in [-0.2, -0.15) is 0 Å². The number of aliphatic hydroxyl groups is 1. The van der Waals surface area contributed by atoms with Gasteiger partial charge >= 0.3 is 0 Å². The molecule has 0 aromatic heterocycles. The first kappa shape index (κ1) is 13.9. The molecule has 1 fully saturated rings. The summed E-state index contributed by atoms with van der Waals surface area (Å²) >= 11 is 0. The van der Waals surface area contributed by atoms with Gasteiger partial charge in [-0.15, -0.1) is 0 Å². The summed E-state index contributed by atoms with van der Waals surface area (Å²) in [5.74, 6) is 0. The Bertz CT molecular complexity index is 608. The predicted octanol–water partition coefficient (Wildman–Crippen LogP) is 0.705. The second kappa shape index (κ2) is 4.87. The van der Waals surface area contributed by atoms with E-state index in [0.717, 1.165) is 6.07 Å². The summed E-state index contributed by atoms with van der Waals surface area (Å²) in [4.78, 5) is 9.95. The van der Waals surface area contributed by atoms with Gasteiger partial charge in [0.1, 0.15) is 0 Å². The van der Waals surface area contributed by atoms with Crippen molar-refractivity contribution in [2.75, 3.05) is 0 Å². The van der Waals surface area contributed by atoms with E-state index in [9.17, 15) is 18.5 Å². The summed E-state index contributed by atoms with van der Waals surface area (Å²) in [6, 6.07) is 3.41. The van der Waals surface area contributed by atoms with Gasteiger partial charge in [0.25, 0.3) is 5.69 Å². The molecule has 0 saturated heterocycles. The number of non-ortho nitro benzene ring substituents is 1. The Kier molecular flexibility index (Phi) is 3.57. The molecule has 1 saturated carbocycles. The van der Waals surface area contributed by atoms with Crippen LogP contribution in [0.4, 0.5) is 5.69 Å². The quantitative estimate of drug-likeness (QED) is 0.625. The standard InChI is InChI=1S/C11H14N2O5S/c1-7-2-3-9(13(15)16)6-11(7)19(17,18)12-8-4-10(14)5-8/h2-3,6,8,10,12,14H,4-5H2,1H3. The Labute approximate surface area is 110 Å². The molecule has 0 bridgehead atoms. The normalized spacial score (nSPS) is 22.8. The van der Waals surface area contributed by atoms with Crippen LogP contribution in [-0.2, 0) is 10.0 Å². The fourth-order valence-electron chi connectivity index (χ4n) is 1.96. The van der Waals surface area contributed by atoms with Crippen molar-refractivity contribution in [2.24, 2.45) is 0 Å². The van der Waals surface area contributed by atoms with Crippen LogP contribution in [0.15, 0.2) is 23.1 Å². The lowest BCUT2D eigenvalue weighted by atomic mass is 9.91. The molecule has 7 nitrogen and oxygen atoms in total. The molecule has 1 aromatic rings. The molecule has 19 heavy (non-hydrogen) atoms. The fraction of sp³-hybridized carbons (Fsp3) is 0.455. The molecule has 0 radical (unpaired) electrons. The molecule has 0 atom stereocenters. The minimum absolute atomic E-state index is 0.0944. The molecule has 2 N–H and O–H groups in total. The lowest BCUT2D eigenvalue weighted by Crippen LogP contribution is -2.46. The molecule has 0 aliphatic heterocycles. The van der Waals surface area contributed by atoms with Gasteiger partial charge in [0.2, 0.25) is 10.0 Å². The Morgan fingerprint density at radius 2 is 2.05 bits per heavy atom. The van der Waals surface area contributed by atoms with Crippen molar-refractivity contribution in [1.82, 2.24) is 4.72 Å². The van der Waals surface area contributed by atoms with Crippen LogP contribution in [0.2, 0.25) is 0 Å². The average Bonchev–Trinajstić information content (AvgIpc) is 2.26. The Morgan fingerprint density at radius 1 is 1.42 bits per heavy atom. The highest BCUT2D eigenvalue weighted by atomic mass is 32.2. The zero-order valence-corrected chi connectivity index (χ0v) is 11.1. The van der Waals surface area contributed by atoms with Crippen molar-refractivity contribution in [3.05, 3.63) is 33.9 Å². The molecule has 1 aromatic carbocycles. The second-order valence-electron chi connectivity index (χ2n) is 4.65. The van der Waals surface area contributed by atoms with E-state index in [1.54, 1.807) is 6.92 Å². The van der Waals surface area contributed by atoms with Gasteiger partial charge in [0.05, 0.1) is 15.9 Å². The first-order chi connectivity index (χ1) is 8.79. The fourth-order valence-corrected chi connectivity index (χ4v) is 3.48. The van der Waals surface area contributed by atoms with E-state index < -0.39 is 21.1 Å². The number of rotatable bonds is 4. The van der Waals surface area contributed by atoms with Crippen molar-refractivity contribution in [3.8, 4) is 0 Å². The summed E-state index contributed by atoms with van der Waals surface area (Å²) in [6.45, 7) is 1.58. The molecular formula is C11H14N2O5S. The van der Waals surface area contributed by atoms with Gasteiger partial charge in [-0.3, -0.25) is 10.1 Å². The van der Waals surface area contributed by atoms with Crippen LogP contribution in [0, 0.1) is 17.0 Å². The number of hydrogen-bond acceptors (Lipinski definition) is 5. The summed E-state index contributed by atoms with van der Waals surface area (Å²) < 4.78 is 26.7. The van der Waals surface area contributed by atoms with Crippen LogP contribution < -0.4 is 4.72 Å². The van der Waals surface area contributed by atoms with Crippen LogP contribution in [0.3, 0.4) is 0 Å². The van der Waals surface area contributed by atoms with Gasteiger partial charge < -0.3 is 5.11 Å². The van der Waals surface area contributed by atoms with E-state index >= 15 is 0 Å². The Balaban J connectivity index is 2.29. The Hall–Kier alpha value is -1.51. The van der Waals surface area contributed by atoms with Gasteiger partial charge in [0.15, 0.2) is 0 Å². The SMILES string of the molecule is Cc1ccc([N+](=O)[O-])cc1S(=O)(=O)NC1CC(O)C1. The summed E-state index contributed by atoms with van der Waals surface area (Å²) in [5, 5.41) is 19.8. The van der Waals surface area contributed by atoms with Crippen molar-refractivity contribution in [2.45, 2.75) is 36.8 Å². The topological polar surface area (TPSA) is 110 Å². The van der Waals surface area contributed by atoms with Gasteiger partial charge in [-0.25, -0.2) is 13.1 Å². The monoisotopic (exact) mass is 286 g/mol. The molecule has 0 heterocycles.